The van der Waals surface area contributed by atoms with E-state index < -0.39 is 11.5 Å². The molecule has 1 atom stereocenters. The quantitative estimate of drug-likeness (QED) is 0.878. The average Bonchev–Trinajstić information content (AvgIpc) is 2.93. The normalized spacial score (nSPS) is 17.0. The van der Waals surface area contributed by atoms with Crippen molar-refractivity contribution in [1.29, 1.82) is 0 Å². The lowest BCUT2D eigenvalue weighted by Gasteiger charge is -2.22. The molecule has 6 heteroatoms. The summed E-state index contributed by atoms with van der Waals surface area (Å²) in [5.74, 6) is -0.665. The summed E-state index contributed by atoms with van der Waals surface area (Å²) in [7, 11) is 0. The van der Waals surface area contributed by atoms with Crippen molar-refractivity contribution in [3.8, 4) is 0 Å². The third-order valence-electron chi connectivity index (χ3n) is 3.96. The van der Waals surface area contributed by atoms with Gasteiger partial charge in [0, 0.05) is 33.4 Å². The van der Waals surface area contributed by atoms with Crippen molar-refractivity contribution >= 4 is 23.1 Å². The smallest absolute Gasteiger partial charge is 0.343 e. The number of nitrogens with one attached hydrogen (secondary N) is 1. The van der Waals surface area contributed by atoms with Crippen LogP contribution in [0.5, 0.6) is 0 Å². The minimum atomic E-state index is -0.694. The van der Waals surface area contributed by atoms with Crippen LogP contribution in [0, 0.1) is 6.92 Å². The number of aromatic nitrogens is 1. The molecule has 0 saturated heterocycles. The van der Waals surface area contributed by atoms with Gasteiger partial charge in [0.05, 0.1) is 6.61 Å². The number of H-pyrrole nitrogens is 1. The van der Waals surface area contributed by atoms with E-state index in [2.05, 4.69) is 4.98 Å². The van der Waals surface area contributed by atoms with E-state index in [4.69, 9.17) is 4.74 Å². The molecule has 2 aromatic heterocycles. The first kappa shape index (κ1) is 15.7. The Morgan fingerprint density at radius 1 is 1.35 bits per heavy atom. The van der Waals surface area contributed by atoms with E-state index in [0.717, 1.165) is 4.88 Å². The minimum absolute atomic E-state index is 0.0518. The first-order valence-electron chi connectivity index (χ1n) is 7.52. The molecule has 0 aliphatic heterocycles. The standard InChI is InChI=1S/C17H17NO4S/c1-3-22-17(21)12-8-11-13(18-16(12)20)6-10(7-14(11)19)15-5-4-9(2)23-15/h4-5,8,10H,3,6-7H2,1-2H3,(H,18,20). The van der Waals surface area contributed by atoms with Gasteiger partial charge in [0.1, 0.15) is 5.56 Å². The van der Waals surface area contributed by atoms with Gasteiger partial charge >= 0.3 is 5.97 Å². The summed E-state index contributed by atoms with van der Waals surface area (Å²) in [4.78, 5) is 41.4. The zero-order valence-electron chi connectivity index (χ0n) is 13.0. The van der Waals surface area contributed by atoms with Crippen LogP contribution in [0.1, 0.15) is 55.4 Å². The van der Waals surface area contributed by atoms with Gasteiger partial charge in [-0.15, -0.1) is 11.3 Å². The number of fused-ring (bicyclic) bond motifs is 1. The van der Waals surface area contributed by atoms with Crippen molar-refractivity contribution in [2.45, 2.75) is 32.6 Å². The Labute approximate surface area is 137 Å². The van der Waals surface area contributed by atoms with Crippen LogP contribution in [0.2, 0.25) is 0 Å². The fraction of sp³-hybridized carbons (Fsp3) is 0.353. The highest BCUT2D eigenvalue weighted by molar-refractivity contribution is 7.12. The fourth-order valence-corrected chi connectivity index (χ4v) is 3.84. The molecule has 1 aliphatic rings. The second-order valence-corrected chi connectivity index (χ2v) is 6.92. The molecule has 1 aliphatic carbocycles. The molecule has 0 spiro atoms. The van der Waals surface area contributed by atoms with Gasteiger partial charge in [0.15, 0.2) is 5.78 Å². The van der Waals surface area contributed by atoms with Gasteiger partial charge in [0.2, 0.25) is 0 Å². The van der Waals surface area contributed by atoms with Crippen molar-refractivity contribution in [2.75, 3.05) is 6.61 Å². The summed E-state index contributed by atoms with van der Waals surface area (Å²) < 4.78 is 4.86. The highest BCUT2D eigenvalue weighted by Gasteiger charge is 2.29. The molecule has 0 radical (unpaired) electrons. The van der Waals surface area contributed by atoms with Crippen molar-refractivity contribution in [2.24, 2.45) is 0 Å². The number of pyridine rings is 1. The van der Waals surface area contributed by atoms with E-state index in [0.29, 0.717) is 24.1 Å². The number of hydrogen-bond donors (Lipinski definition) is 1. The lowest BCUT2D eigenvalue weighted by atomic mass is 9.84. The number of thiophene rings is 1. The molecule has 23 heavy (non-hydrogen) atoms. The first-order chi connectivity index (χ1) is 11.0. The highest BCUT2D eigenvalue weighted by Crippen LogP contribution is 2.35. The van der Waals surface area contributed by atoms with Gasteiger partial charge in [0.25, 0.3) is 5.56 Å². The Kier molecular flexibility index (Phi) is 4.17. The topological polar surface area (TPSA) is 76.2 Å². The number of ether oxygens (including phenoxy) is 1. The third-order valence-corrected chi connectivity index (χ3v) is 5.13. The van der Waals surface area contributed by atoms with E-state index in [9.17, 15) is 14.4 Å². The maximum absolute atomic E-state index is 12.5. The molecule has 120 valence electrons. The number of carbonyl (C=O) groups excluding carboxylic acids is 2. The van der Waals surface area contributed by atoms with Crippen LogP contribution >= 0.6 is 11.3 Å². The molecule has 0 bridgehead atoms. The number of hydrogen-bond acceptors (Lipinski definition) is 5. The van der Waals surface area contributed by atoms with E-state index in [1.165, 1.54) is 10.9 Å². The predicted octanol–water partition coefficient (Wildman–Crippen LogP) is 2.83. The Balaban J connectivity index is 1.97. The lowest BCUT2D eigenvalue weighted by Crippen LogP contribution is -2.27. The zero-order valence-corrected chi connectivity index (χ0v) is 13.8. The van der Waals surface area contributed by atoms with Crippen LogP contribution in [0.3, 0.4) is 0 Å². The summed E-state index contributed by atoms with van der Waals surface area (Å²) in [5.41, 5.74) is 0.426. The number of carbonyl (C=O) groups is 2. The van der Waals surface area contributed by atoms with Gasteiger partial charge in [-0.1, -0.05) is 0 Å². The summed E-state index contributed by atoms with van der Waals surface area (Å²) in [6.07, 6.45) is 0.987. The number of aromatic amines is 1. The highest BCUT2D eigenvalue weighted by atomic mass is 32.1. The molecule has 0 aromatic carbocycles. The van der Waals surface area contributed by atoms with Gasteiger partial charge in [-0.05, 0) is 38.5 Å². The monoisotopic (exact) mass is 331 g/mol. The Bertz CT molecular complexity index is 833. The van der Waals surface area contributed by atoms with Gasteiger partial charge < -0.3 is 9.72 Å². The van der Waals surface area contributed by atoms with Gasteiger partial charge in [-0.3, -0.25) is 9.59 Å². The van der Waals surface area contributed by atoms with Crippen LogP contribution in [0.4, 0.5) is 0 Å². The predicted molar refractivity (Wildman–Crippen MR) is 87.5 cm³/mol. The Morgan fingerprint density at radius 2 is 2.13 bits per heavy atom. The zero-order chi connectivity index (χ0) is 16.6. The molecule has 0 fully saturated rings. The Morgan fingerprint density at radius 3 is 2.78 bits per heavy atom. The summed E-state index contributed by atoms with van der Waals surface area (Å²) in [6, 6.07) is 5.45. The van der Waals surface area contributed by atoms with E-state index in [1.807, 2.05) is 19.1 Å². The Hall–Kier alpha value is -2.21. The third kappa shape index (κ3) is 2.99. The maximum Gasteiger partial charge on any atom is 0.343 e. The molecule has 3 rings (SSSR count). The minimum Gasteiger partial charge on any atom is -0.462 e. The summed E-state index contributed by atoms with van der Waals surface area (Å²) in [5, 5.41) is 0. The molecular weight excluding hydrogens is 314 g/mol. The van der Waals surface area contributed by atoms with E-state index in [1.54, 1.807) is 18.3 Å². The van der Waals surface area contributed by atoms with E-state index >= 15 is 0 Å². The maximum atomic E-state index is 12.5. The molecule has 0 saturated carbocycles. The number of Topliss-reactive ketones (excluding diaryl/α,β-unsaturated/α-hetero) is 1. The first-order valence-corrected chi connectivity index (χ1v) is 8.34. The van der Waals surface area contributed by atoms with Crippen molar-refractivity contribution in [1.82, 2.24) is 4.98 Å². The molecule has 5 nitrogen and oxygen atoms in total. The molecule has 0 amide bonds. The number of aryl methyl sites for hydroxylation is 1. The molecular formula is C17H17NO4S. The fourth-order valence-electron chi connectivity index (χ4n) is 2.87. The van der Waals surface area contributed by atoms with Crippen molar-refractivity contribution in [3.63, 3.8) is 0 Å². The molecule has 2 aromatic rings. The lowest BCUT2D eigenvalue weighted by molar-refractivity contribution is 0.0524. The number of esters is 1. The van der Waals surface area contributed by atoms with Crippen molar-refractivity contribution < 1.29 is 14.3 Å². The second-order valence-electron chi connectivity index (χ2n) is 5.60. The van der Waals surface area contributed by atoms with Gasteiger partial charge in [-0.25, -0.2) is 4.79 Å². The van der Waals surface area contributed by atoms with Gasteiger partial charge in [-0.2, -0.15) is 0 Å². The van der Waals surface area contributed by atoms with Crippen molar-refractivity contribution in [3.05, 3.63) is 55.1 Å². The molecule has 2 heterocycles. The largest absolute Gasteiger partial charge is 0.462 e. The number of rotatable bonds is 3. The van der Waals surface area contributed by atoms with Crippen LogP contribution in [0.25, 0.3) is 0 Å². The second kappa shape index (κ2) is 6.12. The van der Waals surface area contributed by atoms with Crippen LogP contribution in [0.15, 0.2) is 23.0 Å². The van der Waals surface area contributed by atoms with Crippen LogP contribution in [-0.2, 0) is 11.2 Å². The SMILES string of the molecule is CCOC(=O)c1cc2c([nH]c1=O)CC(c1ccc(C)s1)CC2=O. The average molecular weight is 331 g/mol. The van der Waals surface area contributed by atoms with Crippen LogP contribution < -0.4 is 5.56 Å². The van der Waals surface area contributed by atoms with E-state index in [-0.39, 0.29) is 23.9 Å². The molecule has 1 N–H and O–H groups in total. The summed E-state index contributed by atoms with van der Waals surface area (Å²) in [6.45, 7) is 3.88. The number of ketones is 1. The summed E-state index contributed by atoms with van der Waals surface area (Å²) >= 11 is 1.67. The van der Waals surface area contributed by atoms with Crippen LogP contribution in [-0.4, -0.2) is 23.3 Å². The molecule has 1 unspecified atom stereocenters.